The van der Waals surface area contributed by atoms with Crippen LogP contribution in [0.25, 0.3) is 10.8 Å². The zero-order chi connectivity index (χ0) is 8.39. The smallest absolute Gasteiger partial charge is 0.125 e. The third kappa shape index (κ3) is 1.10. The molecule has 1 aromatic carbocycles. The van der Waals surface area contributed by atoms with Crippen LogP contribution in [0.3, 0.4) is 0 Å². The standard InChI is InChI=1S/C10H11NO/c1-11-6-10-9-5-3-2-4-8(9)7-12-10/h2-5,7,11H,6H2,1H3. The van der Waals surface area contributed by atoms with Crippen LogP contribution in [0.5, 0.6) is 0 Å². The average molecular weight is 161 g/mol. The summed E-state index contributed by atoms with van der Waals surface area (Å²) in [4.78, 5) is 0. The van der Waals surface area contributed by atoms with Crippen LogP contribution < -0.4 is 5.32 Å². The van der Waals surface area contributed by atoms with Crippen molar-refractivity contribution in [1.29, 1.82) is 0 Å². The Morgan fingerprint density at radius 2 is 2.17 bits per heavy atom. The Morgan fingerprint density at radius 1 is 1.33 bits per heavy atom. The molecule has 0 atom stereocenters. The second-order valence-electron chi connectivity index (χ2n) is 2.78. The number of benzene rings is 1. The maximum Gasteiger partial charge on any atom is 0.125 e. The lowest BCUT2D eigenvalue weighted by Crippen LogP contribution is -2.03. The van der Waals surface area contributed by atoms with Gasteiger partial charge >= 0.3 is 0 Å². The second-order valence-corrected chi connectivity index (χ2v) is 2.78. The Bertz CT molecular complexity index is 378. The largest absolute Gasteiger partial charge is 0.467 e. The average Bonchev–Trinajstić information content (AvgIpc) is 2.50. The fourth-order valence-corrected chi connectivity index (χ4v) is 1.35. The van der Waals surface area contributed by atoms with Crippen LogP contribution >= 0.6 is 0 Å². The van der Waals surface area contributed by atoms with Gasteiger partial charge in [0.2, 0.25) is 0 Å². The summed E-state index contributed by atoms with van der Waals surface area (Å²) in [6.45, 7) is 0.785. The van der Waals surface area contributed by atoms with Crippen molar-refractivity contribution in [2.75, 3.05) is 7.05 Å². The normalized spacial score (nSPS) is 10.8. The van der Waals surface area contributed by atoms with Gasteiger partial charge in [-0.25, -0.2) is 0 Å². The third-order valence-corrected chi connectivity index (χ3v) is 1.93. The summed E-state index contributed by atoms with van der Waals surface area (Å²) >= 11 is 0. The topological polar surface area (TPSA) is 25.2 Å². The first kappa shape index (κ1) is 7.37. The lowest BCUT2D eigenvalue weighted by Gasteiger charge is -1.94. The fraction of sp³-hybridized carbons (Fsp3) is 0.200. The van der Waals surface area contributed by atoms with E-state index in [1.165, 1.54) is 10.8 Å². The van der Waals surface area contributed by atoms with Crippen LogP contribution in [0.4, 0.5) is 0 Å². The first-order chi connectivity index (χ1) is 5.92. The molecule has 2 rings (SSSR count). The Kier molecular flexibility index (Phi) is 1.84. The predicted octanol–water partition coefficient (Wildman–Crippen LogP) is 2.15. The van der Waals surface area contributed by atoms with E-state index >= 15 is 0 Å². The summed E-state index contributed by atoms with van der Waals surface area (Å²) < 4.78 is 5.39. The predicted molar refractivity (Wildman–Crippen MR) is 49.0 cm³/mol. The highest BCUT2D eigenvalue weighted by molar-refractivity contribution is 5.83. The van der Waals surface area contributed by atoms with E-state index in [1.807, 2.05) is 19.2 Å². The van der Waals surface area contributed by atoms with Crippen LogP contribution in [0, 0.1) is 0 Å². The molecule has 1 N–H and O–H groups in total. The summed E-state index contributed by atoms with van der Waals surface area (Å²) in [7, 11) is 1.91. The van der Waals surface area contributed by atoms with Crippen molar-refractivity contribution in [1.82, 2.24) is 5.32 Å². The van der Waals surface area contributed by atoms with Gasteiger partial charge in [0.05, 0.1) is 12.8 Å². The molecule has 0 bridgehead atoms. The highest BCUT2D eigenvalue weighted by atomic mass is 16.3. The van der Waals surface area contributed by atoms with E-state index in [9.17, 15) is 0 Å². The minimum Gasteiger partial charge on any atom is -0.467 e. The SMILES string of the molecule is CNCc1occ2ccccc12. The molecule has 0 fully saturated rings. The van der Waals surface area contributed by atoms with E-state index in [2.05, 4.69) is 17.4 Å². The maximum absolute atomic E-state index is 5.39. The summed E-state index contributed by atoms with van der Waals surface area (Å²) in [6, 6.07) is 8.17. The summed E-state index contributed by atoms with van der Waals surface area (Å²) in [5, 5.41) is 5.44. The van der Waals surface area contributed by atoms with Crippen LogP contribution in [-0.4, -0.2) is 7.05 Å². The number of rotatable bonds is 2. The number of nitrogens with one attached hydrogen (secondary N) is 1. The molecule has 2 aromatic rings. The van der Waals surface area contributed by atoms with E-state index < -0.39 is 0 Å². The van der Waals surface area contributed by atoms with Crippen molar-refractivity contribution < 1.29 is 4.42 Å². The van der Waals surface area contributed by atoms with Crippen LogP contribution in [0.1, 0.15) is 5.76 Å². The Hall–Kier alpha value is -1.28. The molecule has 0 aliphatic rings. The van der Waals surface area contributed by atoms with Crippen molar-refractivity contribution in [3.05, 3.63) is 36.3 Å². The first-order valence-electron chi connectivity index (χ1n) is 4.01. The van der Waals surface area contributed by atoms with Gasteiger partial charge in [-0.3, -0.25) is 0 Å². The Morgan fingerprint density at radius 3 is 3.00 bits per heavy atom. The summed E-state index contributed by atoms with van der Waals surface area (Å²) in [5.74, 6) is 1.01. The fourth-order valence-electron chi connectivity index (χ4n) is 1.35. The van der Waals surface area contributed by atoms with Crippen molar-refractivity contribution in [2.24, 2.45) is 0 Å². The van der Waals surface area contributed by atoms with E-state index in [-0.39, 0.29) is 0 Å². The van der Waals surface area contributed by atoms with Gasteiger partial charge in [-0.05, 0) is 7.05 Å². The zero-order valence-corrected chi connectivity index (χ0v) is 7.00. The van der Waals surface area contributed by atoms with E-state index in [4.69, 9.17) is 4.42 Å². The van der Waals surface area contributed by atoms with Gasteiger partial charge < -0.3 is 9.73 Å². The lowest BCUT2D eigenvalue weighted by atomic mass is 10.2. The molecule has 2 nitrogen and oxygen atoms in total. The minimum atomic E-state index is 0.785. The molecule has 0 saturated heterocycles. The minimum absolute atomic E-state index is 0.785. The first-order valence-corrected chi connectivity index (χ1v) is 4.01. The van der Waals surface area contributed by atoms with Gasteiger partial charge in [0, 0.05) is 10.8 Å². The van der Waals surface area contributed by atoms with E-state index in [1.54, 1.807) is 6.26 Å². The number of hydrogen-bond acceptors (Lipinski definition) is 2. The third-order valence-electron chi connectivity index (χ3n) is 1.93. The molecule has 62 valence electrons. The Labute approximate surface area is 71.2 Å². The van der Waals surface area contributed by atoms with Crippen LogP contribution in [0.2, 0.25) is 0 Å². The molecule has 1 heterocycles. The molecule has 0 aliphatic heterocycles. The van der Waals surface area contributed by atoms with Crippen molar-refractivity contribution in [3.63, 3.8) is 0 Å². The highest BCUT2D eigenvalue weighted by Gasteiger charge is 2.02. The molecule has 0 radical (unpaired) electrons. The molecule has 0 amide bonds. The van der Waals surface area contributed by atoms with Gasteiger partial charge in [0.1, 0.15) is 5.76 Å². The Balaban J connectivity index is 2.55. The van der Waals surface area contributed by atoms with Crippen LogP contribution in [-0.2, 0) is 6.54 Å². The van der Waals surface area contributed by atoms with E-state index in [0.29, 0.717) is 0 Å². The zero-order valence-electron chi connectivity index (χ0n) is 7.00. The molecule has 0 spiro atoms. The second kappa shape index (κ2) is 2.99. The van der Waals surface area contributed by atoms with Gasteiger partial charge in [-0.1, -0.05) is 24.3 Å². The van der Waals surface area contributed by atoms with Gasteiger partial charge in [-0.2, -0.15) is 0 Å². The van der Waals surface area contributed by atoms with Crippen LogP contribution in [0.15, 0.2) is 34.9 Å². The van der Waals surface area contributed by atoms with E-state index in [0.717, 1.165) is 12.3 Å². The maximum atomic E-state index is 5.39. The van der Waals surface area contributed by atoms with Gasteiger partial charge in [-0.15, -0.1) is 0 Å². The molecule has 0 unspecified atom stereocenters. The van der Waals surface area contributed by atoms with Crippen molar-refractivity contribution in [2.45, 2.75) is 6.54 Å². The van der Waals surface area contributed by atoms with Gasteiger partial charge in [0.25, 0.3) is 0 Å². The molecular formula is C10H11NO. The summed E-state index contributed by atoms with van der Waals surface area (Å²) in [5.41, 5.74) is 0. The quantitative estimate of drug-likeness (QED) is 0.730. The summed E-state index contributed by atoms with van der Waals surface area (Å²) in [6.07, 6.45) is 1.79. The molecule has 12 heavy (non-hydrogen) atoms. The van der Waals surface area contributed by atoms with Crippen molar-refractivity contribution >= 4 is 10.8 Å². The number of hydrogen-bond donors (Lipinski definition) is 1. The number of furan rings is 1. The van der Waals surface area contributed by atoms with Gasteiger partial charge in [0.15, 0.2) is 0 Å². The molecule has 0 aliphatic carbocycles. The highest BCUT2D eigenvalue weighted by Crippen LogP contribution is 2.19. The molecule has 1 aromatic heterocycles. The molecule has 2 heteroatoms. The van der Waals surface area contributed by atoms with Crippen molar-refractivity contribution in [3.8, 4) is 0 Å². The molecule has 0 saturated carbocycles. The molecular weight excluding hydrogens is 150 g/mol. The number of fused-ring (bicyclic) bond motifs is 1. The monoisotopic (exact) mass is 161 g/mol. The lowest BCUT2D eigenvalue weighted by molar-refractivity contribution is 0.501.